The van der Waals surface area contributed by atoms with Gasteiger partial charge >= 0.3 is 6.03 Å². The van der Waals surface area contributed by atoms with Gasteiger partial charge in [0, 0.05) is 7.05 Å². The van der Waals surface area contributed by atoms with Crippen LogP contribution >= 0.6 is 0 Å². The highest BCUT2D eigenvalue weighted by Crippen LogP contribution is 2.27. The number of hydrogen-bond acceptors (Lipinski definition) is 2. The molecule has 1 aliphatic rings. The topological polar surface area (TPSA) is 56.2 Å². The number of nitrogens with zero attached hydrogens (tertiary/aromatic N) is 1. The molecular weight excluding hydrogens is 166 g/mol. The molecule has 0 radical (unpaired) electrons. The van der Waals surface area contributed by atoms with E-state index in [-0.39, 0.29) is 6.03 Å². The molecule has 4 heteroatoms. The zero-order valence-electron chi connectivity index (χ0n) is 8.64. The van der Waals surface area contributed by atoms with Crippen molar-refractivity contribution in [3.8, 4) is 0 Å². The lowest BCUT2D eigenvalue weighted by molar-refractivity contribution is 0.187. The first kappa shape index (κ1) is 10.0. The maximum Gasteiger partial charge on any atom is 0.323 e. The van der Waals surface area contributed by atoms with Crippen molar-refractivity contribution in [2.45, 2.75) is 32.7 Å². The van der Waals surface area contributed by atoms with E-state index in [1.165, 1.54) is 0 Å². The maximum absolute atomic E-state index is 11.3. The Bertz CT molecular complexity index is 249. The molecule has 4 nitrogen and oxygen atoms in total. The SMILES string of the molecule is CC(C)CC1(C)C(=N)NC(=O)N1C. The van der Waals surface area contributed by atoms with E-state index in [1.807, 2.05) is 6.92 Å². The van der Waals surface area contributed by atoms with Gasteiger partial charge < -0.3 is 4.90 Å². The van der Waals surface area contributed by atoms with Gasteiger partial charge in [-0.05, 0) is 19.3 Å². The fourth-order valence-electron chi connectivity index (χ4n) is 1.75. The molecular formula is C9H17N3O. The highest BCUT2D eigenvalue weighted by molar-refractivity contribution is 6.08. The van der Waals surface area contributed by atoms with Crippen LogP contribution < -0.4 is 5.32 Å². The van der Waals surface area contributed by atoms with Crippen molar-refractivity contribution in [1.29, 1.82) is 5.41 Å². The molecule has 2 amide bonds. The third-order valence-corrected chi connectivity index (χ3v) is 2.62. The zero-order chi connectivity index (χ0) is 10.2. The number of amidine groups is 1. The van der Waals surface area contributed by atoms with Gasteiger partial charge in [-0.2, -0.15) is 0 Å². The summed E-state index contributed by atoms with van der Waals surface area (Å²) in [7, 11) is 1.74. The second kappa shape index (κ2) is 3.01. The normalized spacial score (nSPS) is 28.5. The smallest absolute Gasteiger partial charge is 0.315 e. The Kier molecular flexibility index (Phi) is 2.32. The Morgan fingerprint density at radius 1 is 1.62 bits per heavy atom. The average molecular weight is 183 g/mol. The van der Waals surface area contributed by atoms with Crippen LogP contribution in [0.4, 0.5) is 4.79 Å². The van der Waals surface area contributed by atoms with Gasteiger partial charge in [0.15, 0.2) is 0 Å². The van der Waals surface area contributed by atoms with Crippen molar-refractivity contribution < 1.29 is 4.79 Å². The standard InChI is InChI=1S/C9H17N3O/c1-6(2)5-9(3)7(10)11-8(13)12(9)4/h6H,5H2,1-4H3,(H2,10,11,13). The molecule has 2 N–H and O–H groups in total. The molecule has 13 heavy (non-hydrogen) atoms. The second-order valence-electron chi connectivity index (χ2n) is 4.24. The molecule has 0 aliphatic carbocycles. The first-order chi connectivity index (χ1) is 5.88. The lowest BCUT2D eigenvalue weighted by Gasteiger charge is -2.31. The molecule has 1 atom stereocenters. The molecule has 1 aliphatic heterocycles. The summed E-state index contributed by atoms with van der Waals surface area (Å²) in [6.07, 6.45) is 0.821. The first-order valence-electron chi connectivity index (χ1n) is 4.52. The van der Waals surface area contributed by atoms with Crippen LogP contribution in [0.2, 0.25) is 0 Å². The van der Waals surface area contributed by atoms with Gasteiger partial charge in [-0.15, -0.1) is 0 Å². The summed E-state index contributed by atoms with van der Waals surface area (Å²) in [6, 6.07) is -0.173. The average Bonchev–Trinajstić information content (AvgIpc) is 2.15. The van der Waals surface area contributed by atoms with Gasteiger partial charge in [0.2, 0.25) is 0 Å². The van der Waals surface area contributed by atoms with Crippen molar-refractivity contribution in [2.75, 3.05) is 7.05 Å². The Morgan fingerprint density at radius 3 is 2.46 bits per heavy atom. The molecule has 1 unspecified atom stereocenters. The minimum Gasteiger partial charge on any atom is -0.315 e. The van der Waals surface area contributed by atoms with Gasteiger partial charge in [0.05, 0.1) is 5.54 Å². The van der Waals surface area contributed by atoms with Crippen molar-refractivity contribution in [1.82, 2.24) is 10.2 Å². The highest BCUT2D eigenvalue weighted by atomic mass is 16.2. The van der Waals surface area contributed by atoms with E-state index in [9.17, 15) is 4.79 Å². The number of carbonyl (C=O) groups excluding carboxylic acids is 1. The van der Waals surface area contributed by atoms with E-state index >= 15 is 0 Å². The van der Waals surface area contributed by atoms with E-state index in [0.29, 0.717) is 11.8 Å². The van der Waals surface area contributed by atoms with Crippen molar-refractivity contribution in [3.05, 3.63) is 0 Å². The van der Waals surface area contributed by atoms with E-state index in [4.69, 9.17) is 5.41 Å². The number of carbonyl (C=O) groups is 1. The quantitative estimate of drug-likeness (QED) is 0.668. The molecule has 1 heterocycles. The van der Waals surface area contributed by atoms with Crippen LogP contribution in [0.15, 0.2) is 0 Å². The van der Waals surface area contributed by atoms with Crippen molar-refractivity contribution in [2.24, 2.45) is 5.92 Å². The van der Waals surface area contributed by atoms with E-state index in [2.05, 4.69) is 19.2 Å². The molecule has 1 rings (SSSR count). The summed E-state index contributed by atoms with van der Waals surface area (Å²) >= 11 is 0. The van der Waals surface area contributed by atoms with E-state index in [1.54, 1.807) is 11.9 Å². The summed E-state index contributed by atoms with van der Waals surface area (Å²) in [5, 5.41) is 10.2. The van der Waals surface area contributed by atoms with Crippen molar-refractivity contribution >= 4 is 11.9 Å². The lowest BCUT2D eigenvalue weighted by Crippen LogP contribution is -2.45. The Balaban J connectivity index is 2.87. The Labute approximate surface area is 78.8 Å². The summed E-state index contributed by atoms with van der Waals surface area (Å²) in [6.45, 7) is 6.11. The number of likely N-dealkylation sites (N-methyl/N-ethyl adjacent to an activating group) is 1. The molecule has 1 fully saturated rings. The Hall–Kier alpha value is -1.06. The van der Waals surface area contributed by atoms with Gasteiger partial charge in [-0.1, -0.05) is 13.8 Å². The predicted molar refractivity (Wildman–Crippen MR) is 51.9 cm³/mol. The third-order valence-electron chi connectivity index (χ3n) is 2.62. The predicted octanol–water partition coefficient (Wildman–Crippen LogP) is 1.42. The zero-order valence-corrected chi connectivity index (χ0v) is 8.64. The van der Waals surface area contributed by atoms with Crippen molar-refractivity contribution in [3.63, 3.8) is 0 Å². The van der Waals surface area contributed by atoms with Gasteiger partial charge in [-0.25, -0.2) is 4.79 Å². The summed E-state index contributed by atoms with van der Waals surface area (Å²) in [5.41, 5.74) is -0.439. The van der Waals surface area contributed by atoms with Crippen LogP contribution in [-0.2, 0) is 0 Å². The first-order valence-corrected chi connectivity index (χ1v) is 4.52. The minimum atomic E-state index is -0.439. The number of urea groups is 1. The van der Waals surface area contributed by atoms with Crippen LogP contribution in [0.1, 0.15) is 27.2 Å². The van der Waals surface area contributed by atoms with Crippen LogP contribution in [0.25, 0.3) is 0 Å². The molecule has 0 aromatic carbocycles. The number of rotatable bonds is 2. The monoisotopic (exact) mass is 183 g/mol. The number of amides is 2. The summed E-state index contributed by atoms with van der Waals surface area (Å²) in [5.74, 6) is 0.786. The fourth-order valence-corrected chi connectivity index (χ4v) is 1.75. The lowest BCUT2D eigenvalue weighted by atomic mass is 9.89. The Morgan fingerprint density at radius 2 is 2.15 bits per heavy atom. The molecule has 0 saturated carbocycles. The number of nitrogens with one attached hydrogen (secondary N) is 2. The largest absolute Gasteiger partial charge is 0.323 e. The molecule has 0 spiro atoms. The molecule has 74 valence electrons. The molecule has 0 bridgehead atoms. The third kappa shape index (κ3) is 1.53. The highest BCUT2D eigenvalue weighted by Gasteiger charge is 2.44. The van der Waals surface area contributed by atoms with Gasteiger partial charge in [0.25, 0.3) is 0 Å². The van der Waals surface area contributed by atoms with Crippen LogP contribution in [-0.4, -0.2) is 29.4 Å². The molecule has 1 saturated heterocycles. The van der Waals surface area contributed by atoms with Crippen LogP contribution in [0.3, 0.4) is 0 Å². The molecule has 0 aromatic rings. The fraction of sp³-hybridized carbons (Fsp3) is 0.778. The van der Waals surface area contributed by atoms with Gasteiger partial charge in [-0.3, -0.25) is 10.7 Å². The second-order valence-corrected chi connectivity index (χ2v) is 4.24. The van der Waals surface area contributed by atoms with E-state index in [0.717, 1.165) is 6.42 Å². The minimum absolute atomic E-state index is 0.173. The maximum atomic E-state index is 11.3. The van der Waals surface area contributed by atoms with Crippen LogP contribution in [0, 0.1) is 11.3 Å². The summed E-state index contributed by atoms with van der Waals surface area (Å²) in [4.78, 5) is 12.9. The summed E-state index contributed by atoms with van der Waals surface area (Å²) < 4.78 is 0. The van der Waals surface area contributed by atoms with Gasteiger partial charge in [0.1, 0.15) is 5.84 Å². The molecule has 0 aromatic heterocycles. The van der Waals surface area contributed by atoms with Crippen LogP contribution in [0.5, 0.6) is 0 Å². The van der Waals surface area contributed by atoms with E-state index < -0.39 is 5.54 Å². The number of hydrogen-bond donors (Lipinski definition) is 2.